The second-order valence-electron chi connectivity index (χ2n) is 9.38. The highest BCUT2D eigenvalue weighted by molar-refractivity contribution is 14.1. The van der Waals surface area contributed by atoms with Crippen molar-refractivity contribution >= 4 is 57.6 Å². The number of hydrogen-bond donors (Lipinski definition) is 4. The van der Waals surface area contributed by atoms with E-state index in [-0.39, 0.29) is 50.6 Å². The molecule has 1 aliphatic carbocycles. The maximum Gasteiger partial charge on any atom is 0.247 e. The fourth-order valence-corrected chi connectivity index (χ4v) is 5.60. The Hall–Kier alpha value is -2.35. The van der Waals surface area contributed by atoms with Crippen LogP contribution in [0.4, 0.5) is 0 Å². The lowest BCUT2D eigenvalue weighted by atomic mass is 9.87. The third kappa shape index (κ3) is 8.59. The summed E-state index contributed by atoms with van der Waals surface area (Å²) >= 11 is 14.4. The predicted molar refractivity (Wildman–Crippen MR) is 165 cm³/mol. The lowest BCUT2D eigenvalue weighted by Crippen LogP contribution is -2.54. The van der Waals surface area contributed by atoms with E-state index in [0.717, 1.165) is 0 Å². The number of aliphatic hydroxyl groups excluding tert-OH is 3. The van der Waals surface area contributed by atoms with Crippen LogP contribution >= 0.6 is 45.8 Å². The van der Waals surface area contributed by atoms with Gasteiger partial charge in [0.25, 0.3) is 0 Å². The van der Waals surface area contributed by atoms with E-state index in [9.17, 15) is 24.9 Å². The minimum atomic E-state index is -1.24. The smallest absolute Gasteiger partial charge is 0.247 e. The van der Waals surface area contributed by atoms with E-state index < -0.39 is 24.2 Å². The van der Waals surface area contributed by atoms with Crippen molar-refractivity contribution in [3.63, 3.8) is 0 Å². The molecule has 9 nitrogen and oxygen atoms in total. The Kier molecular flexibility index (Phi) is 12.7. The van der Waals surface area contributed by atoms with Gasteiger partial charge in [0.1, 0.15) is 12.2 Å². The number of hydrogen-bond acceptors (Lipinski definition) is 7. The van der Waals surface area contributed by atoms with Gasteiger partial charge in [-0.25, -0.2) is 0 Å². The topological polar surface area (TPSA) is 129 Å². The van der Waals surface area contributed by atoms with Gasteiger partial charge in [-0.05, 0) is 70.5 Å². The molecular weight excluding hydrogens is 686 g/mol. The van der Waals surface area contributed by atoms with Gasteiger partial charge in [-0.1, -0.05) is 35.3 Å². The Morgan fingerprint density at radius 1 is 1.20 bits per heavy atom. The summed E-state index contributed by atoms with van der Waals surface area (Å²) in [4.78, 5) is 28.1. The van der Waals surface area contributed by atoms with Gasteiger partial charge >= 0.3 is 0 Å². The third-order valence-corrected chi connectivity index (χ3v) is 8.10. The largest absolute Gasteiger partial charge is 0.493 e. The fourth-order valence-electron chi connectivity index (χ4n) is 4.49. The highest BCUT2D eigenvalue weighted by Crippen LogP contribution is 2.37. The summed E-state index contributed by atoms with van der Waals surface area (Å²) in [5.74, 6) is -0.0508. The number of carbonyl (C=O) groups is 2. The maximum absolute atomic E-state index is 13.5. The maximum atomic E-state index is 13.5. The molecule has 0 heterocycles. The summed E-state index contributed by atoms with van der Waals surface area (Å²) in [6.07, 6.45) is 1.48. The molecule has 0 bridgehead atoms. The number of aliphatic hydroxyl groups is 3. The van der Waals surface area contributed by atoms with E-state index in [4.69, 9.17) is 32.7 Å². The van der Waals surface area contributed by atoms with Crippen LogP contribution in [-0.4, -0.2) is 70.5 Å². The van der Waals surface area contributed by atoms with Gasteiger partial charge in [0.2, 0.25) is 11.8 Å². The molecule has 0 saturated heterocycles. The van der Waals surface area contributed by atoms with Gasteiger partial charge in [-0.2, -0.15) is 0 Å². The summed E-state index contributed by atoms with van der Waals surface area (Å²) in [7, 11) is 1.46. The number of nitrogens with zero attached hydrogens (tertiary/aromatic N) is 1. The molecule has 2 aromatic rings. The first-order valence-corrected chi connectivity index (χ1v) is 14.7. The van der Waals surface area contributed by atoms with Crippen molar-refractivity contribution in [2.45, 2.75) is 50.7 Å². The molecule has 0 fully saturated rings. The first-order chi connectivity index (χ1) is 19.6. The molecule has 222 valence electrons. The van der Waals surface area contributed by atoms with Crippen LogP contribution in [-0.2, 0) is 22.7 Å². The van der Waals surface area contributed by atoms with Crippen LogP contribution < -0.4 is 14.8 Å². The lowest BCUT2D eigenvalue weighted by molar-refractivity contribution is -0.139. The molecule has 3 atom stereocenters. The molecule has 0 aromatic heterocycles. The number of benzene rings is 2. The zero-order chi connectivity index (χ0) is 30.1. The van der Waals surface area contributed by atoms with Crippen LogP contribution in [0.5, 0.6) is 11.5 Å². The summed E-state index contributed by atoms with van der Waals surface area (Å²) in [6.45, 7) is 3.38. The summed E-state index contributed by atoms with van der Waals surface area (Å²) in [5.41, 5.74) is 1.59. The lowest BCUT2D eigenvalue weighted by Gasteiger charge is -2.41. The molecule has 0 spiro atoms. The minimum absolute atomic E-state index is 0.0362. The van der Waals surface area contributed by atoms with Crippen molar-refractivity contribution in [1.82, 2.24) is 10.2 Å². The molecule has 41 heavy (non-hydrogen) atoms. The number of ether oxygens (including phenoxy) is 2. The summed E-state index contributed by atoms with van der Waals surface area (Å²) in [6, 6.07) is 7.52. The molecule has 0 radical (unpaired) electrons. The quantitative estimate of drug-likeness (QED) is 0.182. The third-order valence-electron chi connectivity index (χ3n) is 6.56. The van der Waals surface area contributed by atoms with Gasteiger partial charge in [-0.3, -0.25) is 9.59 Å². The van der Waals surface area contributed by atoms with E-state index in [1.807, 2.05) is 22.6 Å². The molecular formula is C29H33Cl2IN2O7. The van der Waals surface area contributed by atoms with Crippen LogP contribution in [0.15, 0.2) is 54.6 Å². The normalized spacial score (nSPS) is 18.3. The fraction of sp³-hybridized carbons (Fsp3) is 0.379. The highest BCUT2D eigenvalue weighted by Gasteiger charge is 2.41. The standard InChI is InChI=1S/C29H33Cl2IN2O7/c1-3-4-5-26(37)34(15-17-6-7-20(30)21(31)10-17)23-13-19(29(39)33-8-9-35)14-24(27(23)38)41-28-22(32)11-18(16-36)12-25(28)40-2/h3,6-7,10-12,14,23-24,27,35-36,38H,1,4-5,8-9,13,15-16H2,2H3,(H,33,39)/t23-,24+,27+/m1/s1. The average Bonchev–Trinajstić information content (AvgIpc) is 2.96. The minimum Gasteiger partial charge on any atom is -0.493 e. The van der Waals surface area contributed by atoms with Gasteiger partial charge in [0.15, 0.2) is 11.5 Å². The second-order valence-corrected chi connectivity index (χ2v) is 11.4. The molecule has 0 aliphatic heterocycles. The Bertz CT molecular complexity index is 1290. The molecule has 12 heteroatoms. The Morgan fingerprint density at radius 2 is 1.95 bits per heavy atom. The van der Waals surface area contributed by atoms with Crippen molar-refractivity contribution in [1.29, 1.82) is 0 Å². The van der Waals surface area contributed by atoms with Gasteiger partial charge in [0, 0.05) is 31.5 Å². The van der Waals surface area contributed by atoms with E-state index >= 15 is 0 Å². The van der Waals surface area contributed by atoms with Crippen molar-refractivity contribution in [3.8, 4) is 11.5 Å². The summed E-state index contributed by atoms with van der Waals surface area (Å²) in [5, 5.41) is 33.8. The van der Waals surface area contributed by atoms with E-state index in [1.54, 1.807) is 36.4 Å². The SMILES string of the molecule is C=CCCC(=O)N(Cc1ccc(Cl)c(Cl)c1)[C@@H]1CC(C(=O)NCCO)=C[C@H](Oc2c(I)cc(CO)cc2OC)[C@H]1O. The van der Waals surface area contributed by atoms with Crippen LogP contribution in [0.1, 0.15) is 30.4 Å². The van der Waals surface area contributed by atoms with Gasteiger partial charge in [-0.15, -0.1) is 6.58 Å². The Morgan fingerprint density at radius 3 is 2.59 bits per heavy atom. The molecule has 3 rings (SSSR count). The molecule has 2 amide bonds. The second kappa shape index (κ2) is 15.8. The number of methoxy groups -OCH3 is 1. The number of carbonyl (C=O) groups excluding carboxylic acids is 2. The van der Waals surface area contributed by atoms with Crippen molar-refractivity contribution in [3.05, 3.63) is 79.4 Å². The van der Waals surface area contributed by atoms with Gasteiger partial charge in [0.05, 0.1) is 40.0 Å². The first kappa shape index (κ1) is 33.2. The number of allylic oxidation sites excluding steroid dienone is 1. The zero-order valence-corrected chi connectivity index (χ0v) is 26.2. The number of amides is 2. The molecule has 0 unspecified atom stereocenters. The van der Waals surface area contributed by atoms with Gasteiger partial charge < -0.3 is 35.0 Å². The Labute approximate surface area is 262 Å². The number of rotatable bonds is 13. The van der Waals surface area contributed by atoms with Crippen molar-refractivity contribution < 1.29 is 34.4 Å². The van der Waals surface area contributed by atoms with Crippen molar-refractivity contribution in [2.75, 3.05) is 20.3 Å². The molecule has 0 saturated carbocycles. The monoisotopic (exact) mass is 718 g/mol. The van der Waals surface area contributed by atoms with E-state index in [0.29, 0.717) is 42.7 Å². The van der Waals surface area contributed by atoms with Crippen LogP contribution in [0, 0.1) is 3.57 Å². The number of halogens is 3. The average molecular weight is 719 g/mol. The summed E-state index contributed by atoms with van der Waals surface area (Å²) < 4.78 is 12.4. The van der Waals surface area contributed by atoms with Crippen molar-refractivity contribution in [2.24, 2.45) is 0 Å². The Balaban J connectivity index is 2.05. The van der Waals surface area contributed by atoms with E-state index in [1.165, 1.54) is 18.1 Å². The zero-order valence-electron chi connectivity index (χ0n) is 22.5. The first-order valence-electron chi connectivity index (χ1n) is 12.9. The number of nitrogens with one attached hydrogen (secondary N) is 1. The van der Waals surface area contributed by atoms with E-state index in [2.05, 4.69) is 11.9 Å². The van der Waals surface area contributed by atoms with Crippen LogP contribution in [0.25, 0.3) is 0 Å². The molecule has 4 N–H and O–H groups in total. The van der Waals surface area contributed by atoms with Crippen LogP contribution in [0.2, 0.25) is 10.0 Å². The predicted octanol–water partition coefficient (Wildman–Crippen LogP) is 4.01. The van der Waals surface area contributed by atoms with Crippen LogP contribution in [0.3, 0.4) is 0 Å². The highest BCUT2D eigenvalue weighted by atomic mass is 127. The molecule has 1 aliphatic rings. The molecule has 2 aromatic carbocycles.